The van der Waals surface area contributed by atoms with Crippen LogP contribution in [0, 0.1) is 0 Å². The zero-order chi connectivity index (χ0) is 7.73. The fourth-order valence-corrected chi connectivity index (χ4v) is 6.58. The highest BCUT2D eigenvalue weighted by atomic mass is 28.3. The van der Waals surface area contributed by atoms with E-state index in [1.807, 2.05) is 0 Å². The normalized spacial score (nSPS) is 29.9. The highest BCUT2D eigenvalue weighted by Gasteiger charge is 2.34. The lowest BCUT2D eigenvalue weighted by atomic mass is 10.5. The third kappa shape index (κ3) is 1.42. The van der Waals surface area contributed by atoms with Gasteiger partial charge in [0.2, 0.25) is 0 Å². The molecular weight excluding hydrogens is 150 g/mol. The van der Waals surface area contributed by atoms with Crippen LogP contribution < -0.4 is 0 Å². The van der Waals surface area contributed by atoms with Crippen molar-refractivity contribution >= 4 is 8.07 Å². The molecule has 0 unspecified atom stereocenters. The van der Waals surface area contributed by atoms with E-state index in [1.165, 1.54) is 31.6 Å². The summed E-state index contributed by atoms with van der Waals surface area (Å²) in [5.41, 5.74) is 2.61. The van der Waals surface area contributed by atoms with E-state index >= 15 is 0 Å². The maximum absolute atomic E-state index is 2.61. The molecule has 0 radical (unpaired) electrons. The SMILES string of the molecule is CN1CC[Si]2(C=CCC2)CC1. The van der Waals surface area contributed by atoms with Crippen LogP contribution in [-0.2, 0) is 0 Å². The van der Waals surface area contributed by atoms with Crippen LogP contribution >= 0.6 is 0 Å². The number of nitrogens with zero attached hydrogens (tertiary/aromatic N) is 1. The van der Waals surface area contributed by atoms with E-state index in [1.54, 1.807) is 6.04 Å². The molecule has 2 heteroatoms. The molecule has 0 aliphatic carbocycles. The minimum absolute atomic E-state index is 0.784. The fraction of sp³-hybridized carbons (Fsp3) is 0.778. The number of rotatable bonds is 0. The van der Waals surface area contributed by atoms with Gasteiger partial charge in [-0.1, -0.05) is 17.8 Å². The smallest absolute Gasteiger partial charge is 0.0802 e. The van der Waals surface area contributed by atoms with Crippen molar-refractivity contribution in [3.63, 3.8) is 0 Å². The molecule has 62 valence electrons. The van der Waals surface area contributed by atoms with E-state index in [0.29, 0.717) is 0 Å². The van der Waals surface area contributed by atoms with Crippen LogP contribution in [0.3, 0.4) is 0 Å². The van der Waals surface area contributed by atoms with Crippen molar-refractivity contribution in [2.75, 3.05) is 20.1 Å². The predicted molar refractivity (Wildman–Crippen MR) is 51.4 cm³/mol. The summed E-state index contributed by atoms with van der Waals surface area (Å²) in [6.07, 6.45) is 3.81. The van der Waals surface area contributed by atoms with Crippen LogP contribution in [-0.4, -0.2) is 33.1 Å². The third-order valence-electron chi connectivity index (χ3n) is 3.26. The Balaban J connectivity index is 2.00. The Kier molecular flexibility index (Phi) is 1.89. The molecule has 11 heavy (non-hydrogen) atoms. The maximum atomic E-state index is 2.61. The van der Waals surface area contributed by atoms with Crippen molar-refractivity contribution in [2.24, 2.45) is 0 Å². The van der Waals surface area contributed by atoms with Gasteiger partial charge in [-0.15, -0.1) is 0 Å². The van der Waals surface area contributed by atoms with Crippen molar-refractivity contribution in [1.82, 2.24) is 4.90 Å². The van der Waals surface area contributed by atoms with Gasteiger partial charge in [0.1, 0.15) is 0 Å². The Morgan fingerprint density at radius 1 is 1.18 bits per heavy atom. The maximum Gasteiger partial charge on any atom is 0.0802 e. The number of allylic oxidation sites excluding steroid dienone is 1. The Hall–Kier alpha value is -0.0831. The third-order valence-corrected chi connectivity index (χ3v) is 7.93. The second-order valence-corrected chi connectivity index (χ2v) is 8.66. The molecule has 2 aliphatic heterocycles. The Morgan fingerprint density at radius 2 is 1.91 bits per heavy atom. The molecule has 0 N–H and O–H groups in total. The zero-order valence-corrected chi connectivity index (χ0v) is 8.34. The second-order valence-electron chi connectivity index (χ2n) is 4.11. The average Bonchev–Trinajstić information content (AvgIpc) is 2.45. The summed E-state index contributed by atoms with van der Waals surface area (Å²) in [5, 5.41) is 0. The first kappa shape index (κ1) is 7.56. The molecular formula is C9H17NSi. The molecule has 0 aromatic rings. The van der Waals surface area contributed by atoms with Gasteiger partial charge in [0.25, 0.3) is 0 Å². The summed E-state index contributed by atoms with van der Waals surface area (Å²) in [6.45, 7) is 2.72. The summed E-state index contributed by atoms with van der Waals surface area (Å²) in [4.78, 5) is 2.48. The van der Waals surface area contributed by atoms with Gasteiger partial charge < -0.3 is 4.90 Å². The quantitative estimate of drug-likeness (QED) is 0.498. The van der Waals surface area contributed by atoms with Crippen LogP contribution in [0.4, 0.5) is 0 Å². The summed E-state index contributed by atoms with van der Waals surface area (Å²) < 4.78 is 0. The van der Waals surface area contributed by atoms with Crippen LogP contribution in [0.15, 0.2) is 11.8 Å². The Labute approximate surface area is 70.1 Å². The minimum atomic E-state index is -0.784. The first-order chi connectivity index (χ1) is 5.31. The number of hydrogen-bond donors (Lipinski definition) is 0. The molecule has 0 aromatic carbocycles. The average molecular weight is 167 g/mol. The van der Waals surface area contributed by atoms with Gasteiger partial charge in [-0.05, 0) is 38.6 Å². The second kappa shape index (κ2) is 2.76. The van der Waals surface area contributed by atoms with Gasteiger partial charge in [-0.25, -0.2) is 0 Å². The molecule has 0 amide bonds. The Bertz CT molecular complexity index is 168. The lowest BCUT2D eigenvalue weighted by Crippen LogP contribution is -2.42. The molecule has 0 atom stereocenters. The highest BCUT2D eigenvalue weighted by Crippen LogP contribution is 2.32. The summed E-state index contributed by atoms with van der Waals surface area (Å²) in [7, 11) is 1.47. The van der Waals surface area contributed by atoms with Crippen LogP contribution in [0.25, 0.3) is 0 Å². The lowest BCUT2D eigenvalue weighted by molar-refractivity contribution is 0.355. The van der Waals surface area contributed by atoms with Crippen LogP contribution in [0.2, 0.25) is 18.1 Å². The van der Waals surface area contributed by atoms with Crippen molar-refractivity contribution in [3.05, 3.63) is 11.8 Å². The fourth-order valence-electron chi connectivity index (χ4n) is 2.27. The van der Waals surface area contributed by atoms with E-state index in [0.717, 1.165) is 0 Å². The van der Waals surface area contributed by atoms with Gasteiger partial charge in [-0.3, -0.25) is 0 Å². The topological polar surface area (TPSA) is 3.24 Å². The standard InChI is InChI=1S/C9H17NSi/c1-10-4-8-11(9-5-10)6-2-3-7-11/h2,6H,3-5,7-9H2,1H3. The zero-order valence-electron chi connectivity index (χ0n) is 7.34. The van der Waals surface area contributed by atoms with E-state index in [2.05, 4.69) is 23.7 Å². The van der Waals surface area contributed by atoms with Crippen molar-refractivity contribution < 1.29 is 0 Å². The molecule has 1 saturated heterocycles. The molecule has 0 aromatic heterocycles. The van der Waals surface area contributed by atoms with Gasteiger partial charge in [0.05, 0.1) is 8.07 Å². The summed E-state index contributed by atoms with van der Waals surface area (Å²) in [5.74, 6) is 0. The van der Waals surface area contributed by atoms with Crippen molar-refractivity contribution in [1.29, 1.82) is 0 Å². The van der Waals surface area contributed by atoms with Gasteiger partial charge >= 0.3 is 0 Å². The highest BCUT2D eigenvalue weighted by molar-refractivity contribution is 6.85. The van der Waals surface area contributed by atoms with Gasteiger partial charge in [0.15, 0.2) is 0 Å². The van der Waals surface area contributed by atoms with E-state index < -0.39 is 8.07 Å². The number of hydrogen-bond acceptors (Lipinski definition) is 1. The molecule has 1 fully saturated rings. The molecule has 2 aliphatic rings. The van der Waals surface area contributed by atoms with Crippen molar-refractivity contribution in [3.8, 4) is 0 Å². The van der Waals surface area contributed by atoms with Crippen molar-refractivity contribution in [2.45, 2.75) is 24.6 Å². The molecule has 2 heterocycles. The molecule has 0 bridgehead atoms. The van der Waals surface area contributed by atoms with Gasteiger partial charge in [0, 0.05) is 0 Å². The molecule has 2 rings (SSSR count). The summed E-state index contributed by atoms with van der Waals surface area (Å²) in [6, 6.07) is 4.61. The predicted octanol–water partition coefficient (Wildman–Crippen LogP) is 1.88. The molecule has 0 saturated carbocycles. The van der Waals surface area contributed by atoms with E-state index in [-0.39, 0.29) is 0 Å². The van der Waals surface area contributed by atoms with Gasteiger partial charge in [-0.2, -0.15) is 0 Å². The monoisotopic (exact) mass is 167 g/mol. The first-order valence-electron chi connectivity index (χ1n) is 4.67. The van der Waals surface area contributed by atoms with E-state index in [4.69, 9.17) is 0 Å². The Morgan fingerprint density at radius 3 is 2.45 bits per heavy atom. The minimum Gasteiger partial charge on any atom is -0.307 e. The largest absolute Gasteiger partial charge is 0.307 e. The van der Waals surface area contributed by atoms with Crippen LogP contribution in [0.5, 0.6) is 0 Å². The first-order valence-corrected chi connectivity index (χ1v) is 7.37. The summed E-state index contributed by atoms with van der Waals surface area (Å²) >= 11 is 0. The molecule has 1 spiro atoms. The lowest BCUT2D eigenvalue weighted by Gasteiger charge is -2.34. The van der Waals surface area contributed by atoms with Crippen LogP contribution in [0.1, 0.15) is 6.42 Å². The van der Waals surface area contributed by atoms with E-state index in [9.17, 15) is 0 Å². The molecule has 1 nitrogen and oxygen atoms in total.